The Bertz CT molecular complexity index is 542. The van der Waals surface area contributed by atoms with Crippen molar-refractivity contribution in [3.63, 3.8) is 0 Å². The van der Waals surface area contributed by atoms with Crippen molar-refractivity contribution in [3.8, 4) is 11.8 Å². The number of amides is 1. The van der Waals surface area contributed by atoms with E-state index in [0.717, 1.165) is 41.4 Å². The van der Waals surface area contributed by atoms with E-state index in [4.69, 9.17) is 10.5 Å². The molecule has 0 spiro atoms. The molecule has 0 aliphatic carbocycles. The number of hydrogen-bond donors (Lipinski definition) is 1. The summed E-state index contributed by atoms with van der Waals surface area (Å²) < 4.78 is 5.16. The molecular weight excluding hydrogens is 272 g/mol. The summed E-state index contributed by atoms with van der Waals surface area (Å²) in [4.78, 5) is 16.1. The quantitative estimate of drug-likeness (QED) is 0.859. The van der Waals surface area contributed by atoms with Gasteiger partial charge in [0.1, 0.15) is 0 Å². The van der Waals surface area contributed by atoms with Crippen molar-refractivity contribution < 1.29 is 9.53 Å². The molecule has 1 fully saturated rings. The van der Waals surface area contributed by atoms with Gasteiger partial charge in [-0.1, -0.05) is 11.8 Å². The lowest BCUT2D eigenvalue weighted by molar-refractivity contribution is 0.0780. The maximum atomic E-state index is 12.5. The maximum absolute atomic E-state index is 12.5. The van der Waals surface area contributed by atoms with Gasteiger partial charge in [0.15, 0.2) is 0 Å². The van der Waals surface area contributed by atoms with Gasteiger partial charge < -0.3 is 15.4 Å². The monoisotopic (exact) mass is 292 g/mol. The van der Waals surface area contributed by atoms with Gasteiger partial charge in [-0.15, -0.1) is 11.3 Å². The van der Waals surface area contributed by atoms with Crippen molar-refractivity contribution in [3.05, 3.63) is 21.4 Å². The standard InChI is InChI=1S/C15H20N2O2S/c1-11-8-14(20-13(11)4-3-6-16)15(18)17-7-5-12(9-17)10-19-2/h8,12H,5-7,9-10,16H2,1-2H3. The molecule has 1 amide bonds. The van der Waals surface area contributed by atoms with Gasteiger partial charge >= 0.3 is 0 Å². The molecule has 1 aliphatic rings. The van der Waals surface area contributed by atoms with Gasteiger partial charge in [0, 0.05) is 26.1 Å². The second-order valence-corrected chi connectivity index (χ2v) is 6.04. The fourth-order valence-electron chi connectivity index (χ4n) is 2.39. The molecule has 5 heteroatoms. The van der Waals surface area contributed by atoms with E-state index in [9.17, 15) is 4.79 Å². The molecular formula is C15H20N2O2S. The van der Waals surface area contributed by atoms with Gasteiger partial charge in [0.2, 0.25) is 0 Å². The first-order valence-electron chi connectivity index (χ1n) is 6.73. The fraction of sp³-hybridized carbons (Fsp3) is 0.533. The molecule has 20 heavy (non-hydrogen) atoms. The van der Waals surface area contributed by atoms with Crippen molar-refractivity contribution in [2.75, 3.05) is 33.4 Å². The Labute approximate surface area is 123 Å². The van der Waals surface area contributed by atoms with E-state index in [2.05, 4.69) is 11.8 Å². The third-order valence-electron chi connectivity index (χ3n) is 3.41. The molecule has 4 nitrogen and oxygen atoms in total. The number of carbonyl (C=O) groups excluding carboxylic acids is 1. The lowest BCUT2D eigenvalue weighted by atomic mass is 10.1. The molecule has 1 unspecified atom stereocenters. The van der Waals surface area contributed by atoms with Crippen molar-refractivity contribution in [2.45, 2.75) is 13.3 Å². The average molecular weight is 292 g/mol. The van der Waals surface area contributed by atoms with Gasteiger partial charge in [-0.05, 0) is 25.0 Å². The van der Waals surface area contributed by atoms with Crippen LogP contribution < -0.4 is 5.73 Å². The molecule has 1 aromatic heterocycles. The molecule has 2 rings (SSSR count). The third kappa shape index (κ3) is 3.40. The molecule has 0 bridgehead atoms. The van der Waals surface area contributed by atoms with Crippen molar-refractivity contribution in [2.24, 2.45) is 11.7 Å². The highest BCUT2D eigenvalue weighted by Crippen LogP contribution is 2.25. The fourth-order valence-corrected chi connectivity index (χ4v) is 3.40. The number of nitrogens with two attached hydrogens (primary N) is 1. The van der Waals surface area contributed by atoms with Gasteiger partial charge in [-0.25, -0.2) is 0 Å². The van der Waals surface area contributed by atoms with Crippen LogP contribution in [-0.2, 0) is 4.74 Å². The van der Waals surface area contributed by atoms with Crippen LogP contribution in [0.2, 0.25) is 0 Å². The molecule has 2 N–H and O–H groups in total. The number of ether oxygens (including phenoxy) is 1. The van der Waals surface area contributed by atoms with E-state index in [1.54, 1.807) is 7.11 Å². The third-order valence-corrected chi connectivity index (χ3v) is 4.55. The zero-order valence-electron chi connectivity index (χ0n) is 11.9. The SMILES string of the molecule is COCC1CCN(C(=O)c2cc(C)c(C#CCN)s2)C1. The van der Waals surface area contributed by atoms with Crippen molar-refractivity contribution in [1.82, 2.24) is 4.90 Å². The summed E-state index contributed by atoms with van der Waals surface area (Å²) in [5, 5.41) is 0. The summed E-state index contributed by atoms with van der Waals surface area (Å²) in [6, 6.07) is 1.93. The van der Waals surface area contributed by atoms with Crippen LogP contribution in [0.4, 0.5) is 0 Å². The van der Waals surface area contributed by atoms with E-state index in [-0.39, 0.29) is 5.91 Å². The first-order chi connectivity index (χ1) is 9.65. The molecule has 1 saturated heterocycles. The predicted octanol–water partition coefficient (Wildman–Crippen LogP) is 1.48. The Morgan fingerprint density at radius 3 is 3.15 bits per heavy atom. The second-order valence-electron chi connectivity index (χ2n) is 4.99. The molecule has 1 aliphatic heterocycles. The van der Waals surface area contributed by atoms with Gasteiger partial charge in [-0.2, -0.15) is 0 Å². The molecule has 2 heterocycles. The summed E-state index contributed by atoms with van der Waals surface area (Å²) in [7, 11) is 1.70. The Kier molecular flexibility index (Phi) is 5.18. The molecule has 1 aromatic rings. The Morgan fingerprint density at radius 2 is 2.45 bits per heavy atom. The summed E-state index contributed by atoms with van der Waals surface area (Å²) in [6.45, 7) is 4.64. The molecule has 1 atom stereocenters. The van der Waals surface area contributed by atoms with E-state index in [0.29, 0.717) is 12.5 Å². The number of nitrogens with zero attached hydrogens (tertiary/aromatic N) is 1. The topological polar surface area (TPSA) is 55.6 Å². The number of aryl methyl sites for hydroxylation is 1. The highest BCUT2D eigenvalue weighted by atomic mass is 32.1. The highest BCUT2D eigenvalue weighted by Gasteiger charge is 2.27. The predicted molar refractivity (Wildman–Crippen MR) is 80.9 cm³/mol. The Morgan fingerprint density at radius 1 is 1.65 bits per heavy atom. The Balaban J connectivity index is 2.07. The van der Waals surface area contributed by atoms with Crippen LogP contribution in [0.25, 0.3) is 0 Å². The first-order valence-corrected chi connectivity index (χ1v) is 7.55. The van der Waals surface area contributed by atoms with Crippen LogP contribution in [0, 0.1) is 24.7 Å². The zero-order valence-corrected chi connectivity index (χ0v) is 12.8. The number of rotatable bonds is 3. The van der Waals surface area contributed by atoms with E-state index >= 15 is 0 Å². The van der Waals surface area contributed by atoms with Gasteiger partial charge in [0.05, 0.1) is 22.9 Å². The second kappa shape index (κ2) is 6.89. The normalized spacial score (nSPS) is 17.9. The summed E-state index contributed by atoms with van der Waals surface area (Å²) in [5.74, 6) is 6.43. The number of carbonyl (C=O) groups is 1. The smallest absolute Gasteiger partial charge is 0.263 e. The van der Waals surface area contributed by atoms with Gasteiger partial charge in [0.25, 0.3) is 5.91 Å². The highest BCUT2D eigenvalue weighted by molar-refractivity contribution is 7.14. The van der Waals surface area contributed by atoms with Gasteiger partial charge in [-0.3, -0.25) is 4.79 Å². The summed E-state index contributed by atoms with van der Waals surface area (Å²) in [6.07, 6.45) is 1.02. The zero-order chi connectivity index (χ0) is 14.5. The van der Waals surface area contributed by atoms with E-state index in [1.807, 2.05) is 17.9 Å². The van der Waals surface area contributed by atoms with Crippen LogP contribution in [0.3, 0.4) is 0 Å². The molecule has 108 valence electrons. The van der Waals surface area contributed by atoms with Crippen LogP contribution in [-0.4, -0.2) is 44.2 Å². The number of likely N-dealkylation sites (tertiary alicyclic amines) is 1. The van der Waals surface area contributed by atoms with Crippen LogP contribution in [0.15, 0.2) is 6.07 Å². The Hall–Kier alpha value is -1.35. The van der Waals surface area contributed by atoms with E-state index < -0.39 is 0 Å². The minimum absolute atomic E-state index is 0.109. The van der Waals surface area contributed by atoms with E-state index in [1.165, 1.54) is 11.3 Å². The minimum atomic E-state index is 0.109. The van der Waals surface area contributed by atoms with Crippen LogP contribution >= 0.6 is 11.3 Å². The number of methoxy groups -OCH3 is 1. The molecule has 0 radical (unpaired) electrons. The van der Waals surface area contributed by atoms with Crippen LogP contribution in [0.5, 0.6) is 0 Å². The van der Waals surface area contributed by atoms with Crippen molar-refractivity contribution >= 4 is 17.2 Å². The van der Waals surface area contributed by atoms with Crippen LogP contribution in [0.1, 0.15) is 26.5 Å². The average Bonchev–Trinajstić information content (AvgIpc) is 3.03. The summed E-state index contributed by atoms with van der Waals surface area (Å²) in [5.41, 5.74) is 6.43. The molecule has 0 saturated carbocycles. The lowest BCUT2D eigenvalue weighted by Crippen LogP contribution is -2.28. The molecule has 0 aromatic carbocycles. The summed E-state index contributed by atoms with van der Waals surface area (Å²) >= 11 is 1.46. The number of thiophene rings is 1. The minimum Gasteiger partial charge on any atom is -0.384 e. The van der Waals surface area contributed by atoms with Crippen molar-refractivity contribution in [1.29, 1.82) is 0 Å². The maximum Gasteiger partial charge on any atom is 0.263 e. The largest absolute Gasteiger partial charge is 0.384 e. The lowest BCUT2D eigenvalue weighted by Gasteiger charge is -2.15. The number of hydrogen-bond acceptors (Lipinski definition) is 4. The first kappa shape index (κ1) is 15.0.